The van der Waals surface area contributed by atoms with Gasteiger partial charge in [-0.2, -0.15) is 0 Å². The Labute approximate surface area is 120 Å². The Morgan fingerprint density at radius 2 is 2.10 bits per heavy atom. The van der Waals surface area contributed by atoms with Crippen LogP contribution in [0, 0.1) is 6.92 Å². The van der Waals surface area contributed by atoms with E-state index >= 15 is 0 Å². The second kappa shape index (κ2) is 6.55. The Bertz CT molecular complexity index is 518. The topological polar surface area (TPSA) is 52.3 Å². The maximum Gasteiger partial charge on any atom is 0.306 e. The number of esters is 1. The first-order chi connectivity index (χ1) is 9.24. The van der Waals surface area contributed by atoms with Gasteiger partial charge in [0.1, 0.15) is 11.4 Å². The molecular formula is C16H23NO3. The SMILES string of the molecule is C=CC=C(C)c1c(C)noc1CCC(=O)OC(C)(C)C. The van der Waals surface area contributed by atoms with E-state index in [0.717, 1.165) is 16.8 Å². The number of carbonyl (C=O) groups excluding carboxylic acids is 1. The van der Waals surface area contributed by atoms with E-state index in [-0.39, 0.29) is 12.4 Å². The molecule has 0 aliphatic carbocycles. The van der Waals surface area contributed by atoms with E-state index in [0.29, 0.717) is 12.2 Å². The third-order valence-electron chi connectivity index (χ3n) is 2.67. The summed E-state index contributed by atoms with van der Waals surface area (Å²) in [6, 6.07) is 0. The first-order valence-electron chi connectivity index (χ1n) is 6.71. The molecule has 0 aromatic carbocycles. The number of nitrogens with zero attached hydrogens (tertiary/aromatic N) is 1. The molecule has 20 heavy (non-hydrogen) atoms. The molecule has 0 atom stereocenters. The first-order valence-corrected chi connectivity index (χ1v) is 6.71. The zero-order valence-electron chi connectivity index (χ0n) is 12.9. The van der Waals surface area contributed by atoms with Gasteiger partial charge in [-0.05, 0) is 40.2 Å². The average Bonchev–Trinajstić information content (AvgIpc) is 2.66. The van der Waals surface area contributed by atoms with Crippen molar-refractivity contribution in [1.29, 1.82) is 0 Å². The molecule has 0 unspecified atom stereocenters. The van der Waals surface area contributed by atoms with E-state index in [2.05, 4.69) is 11.7 Å². The maximum absolute atomic E-state index is 11.7. The number of rotatable bonds is 5. The van der Waals surface area contributed by atoms with Crippen LogP contribution in [0.15, 0.2) is 23.3 Å². The number of ether oxygens (including phenoxy) is 1. The number of aromatic nitrogens is 1. The van der Waals surface area contributed by atoms with Gasteiger partial charge in [0.15, 0.2) is 0 Å². The molecule has 1 rings (SSSR count). The minimum atomic E-state index is -0.462. The van der Waals surface area contributed by atoms with Crippen molar-refractivity contribution in [3.05, 3.63) is 35.7 Å². The molecule has 0 fully saturated rings. The van der Waals surface area contributed by atoms with Crippen LogP contribution in [0.4, 0.5) is 0 Å². The molecule has 1 aromatic rings. The van der Waals surface area contributed by atoms with E-state index in [1.165, 1.54) is 0 Å². The smallest absolute Gasteiger partial charge is 0.306 e. The molecule has 0 N–H and O–H groups in total. The van der Waals surface area contributed by atoms with Gasteiger partial charge in [0.25, 0.3) is 0 Å². The van der Waals surface area contributed by atoms with Gasteiger partial charge in [0.2, 0.25) is 0 Å². The Balaban J connectivity index is 2.77. The highest BCUT2D eigenvalue weighted by atomic mass is 16.6. The van der Waals surface area contributed by atoms with Crippen LogP contribution in [-0.4, -0.2) is 16.7 Å². The van der Waals surface area contributed by atoms with Crippen LogP contribution < -0.4 is 0 Å². The zero-order chi connectivity index (χ0) is 15.3. The lowest BCUT2D eigenvalue weighted by Crippen LogP contribution is -2.24. The van der Waals surface area contributed by atoms with Crippen LogP contribution in [0.2, 0.25) is 0 Å². The molecule has 110 valence electrons. The quantitative estimate of drug-likeness (QED) is 0.606. The summed E-state index contributed by atoms with van der Waals surface area (Å²) in [6.07, 6.45) is 4.38. The van der Waals surface area contributed by atoms with Gasteiger partial charge in [0.05, 0.1) is 12.1 Å². The number of carbonyl (C=O) groups is 1. The molecule has 4 nitrogen and oxygen atoms in total. The number of hydrogen-bond donors (Lipinski definition) is 0. The lowest BCUT2D eigenvalue weighted by Gasteiger charge is -2.19. The standard InChI is InChI=1S/C16H23NO3/c1-7-8-11(2)15-12(3)17-20-13(15)9-10-14(18)19-16(4,5)6/h7-8H,1,9-10H2,2-6H3. The molecular weight excluding hydrogens is 254 g/mol. The van der Waals surface area contributed by atoms with Crippen LogP contribution in [0.1, 0.15) is 51.1 Å². The summed E-state index contributed by atoms with van der Waals surface area (Å²) < 4.78 is 10.6. The first kappa shape index (κ1) is 16.2. The van der Waals surface area contributed by atoms with Crippen molar-refractivity contribution < 1.29 is 14.1 Å². The molecule has 4 heteroatoms. The average molecular weight is 277 g/mol. The minimum Gasteiger partial charge on any atom is -0.460 e. The molecule has 0 saturated carbocycles. The van der Waals surface area contributed by atoms with Gasteiger partial charge < -0.3 is 9.26 Å². The molecule has 1 aromatic heterocycles. The highest BCUT2D eigenvalue weighted by molar-refractivity contribution is 5.72. The lowest BCUT2D eigenvalue weighted by atomic mass is 10.0. The van der Waals surface area contributed by atoms with E-state index in [9.17, 15) is 4.79 Å². The minimum absolute atomic E-state index is 0.233. The van der Waals surface area contributed by atoms with E-state index in [1.807, 2.05) is 40.7 Å². The predicted molar refractivity (Wildman–Crippen MR) is 79.3 cm³/mol. The van der Waals surface area contributed by atoms with Gasteiger partial charge in [0, 0.05) is 12.0 Å². The number of hydrogen-bond acceptors (Lipinski definition) is 4. The molecule has 1 heterocycles. The van der Waals surface area contributed by atoms with Gasteiger partial charge in [-0.1, -0.05) is 23.9 Å². The summed E-state index contributed by atoms with van der Waals surface area (Å²) in [5.41, 5.74) is 2.33. The normalized spacial score (nSPS) is 12.3. The van der Waals surface area contributed by atoms with Crippen LogP contribution >= 0.6 is 0 Å². The second-order valence-electron chi connectivity index (χ2n) is 5.74. The fourth-order valence-corrected chi connectivity index (χ4v) is 1.96. The second-order valence-corrected chi connectivity index (χ2v) is 5.74. The van der Waals surface area contributed by atoms with Gasteiger partial charge in [-0.15, -0.1) is 0 Å². The molecule has 0 radical (unpaired) electrons. The van der Waals surface area contributed by atoms with Crippen molar-refractivity contribution in [3.8, 4) is 0 Å². The predicted octanol–water partition coefficient (Wildman–Crippen LogP) is 3.85. The van der Waals surface area contributed by atoms with Crippen molar-refractivity contribution >= 4 is 11.5 Å². The third kappa shape index (κ3) is 4.68. The number of aryl methyl sites for hydroxylation is 2. The fourth-order valence-electron chi connectivity index (χ4n) is 1.96. The van der Waals surface area contributed by atoms with Gasteiger partial charge >= 0.3 is 5.97 Å². The summed E-state index contributed by atoms with van der Waals surface area (Å²) in [7, 11) is 0. The van der Waals surface area contributed by atoms with Crippen molar-refractivity contribution in [2.24, 2.45) is 0 Å². The summed E-state index contributed by atoms with van der Waals surface area (Å²) in [6.45, 7) is 13.1. The molecule has 0 bridgehead atoms. The van der Waals surface area contributed by atoms with Crippen LogP contribution in [0.25, 0.3) is 5.57 Å². The molecule has 0 aliphatic rings. The fraction of sp³-hybridized carbons (Fsp3) is 0.500. The van der Waals surface area contributed by atoms with E-state index < -0.39 is 5.60 Å². The Kier molecular flexibility index (Phi) is 5.31. The molecule has 0 spiro atoms. The van der Waals surface area contributed by atoms with Crippen LogP contribution in [0.3, 0.4) is 0 Å². The molecule has 0 amide bonds. The monoisotopic (exact) mass is 277 g/mol. The lowest BCUT2D eigenvalue weighted by molar-refractivity contribution is -0.154. The zero-order valence-corrected chi connectivity index (χ0v) is 12.9. The number of allylic oxidation sites excluding steroid dienone is 3. The van der Waals surface area contributed by atoms with Crippen molar-refractivity contribution in [2.75, 3.05) is 0 Å². The highest BCUT2D eigenvalue weighted by Crippen LogP contribution is 2.24. The largest absolute Gasteiger partial charge is 0.460 e. The Hall–Kier alpha value is -1.84. The molecule has 0 saturated heterocycles. The van der Waals surface area contributed by atoms with Gasteiger partial charge in [-0.25, -0.2) is 0 Å². The van der Waals surface area contributed by atoms with E-state index in [1.54, 1.807) is 6.08 Å². The van der Waals surface area contributed by atoms with Crippen molar-refractivity contribution in [1.82, 2.24) is 5.16 Å². The van der Waals surface area contributed by atoms with Gasteiger partial charge in [-0.3, -0.25) is 4.79 Å². The summed E-state index contributed by atoms with van der Waals surface area (Å²) in [5, 5.41) is 3.97. The van der Waals surface area contributed by atoms with Crippen molar-refractivity contribution in [3.63, 3.8) is 0 Å². The molecule has 0 aliphatic heterocycles. The highest BCUT2D eigenvalue weighted by Gasteiger charge is 2.19. The van der Waals surface area contributed by atoms with Crippen LogP contribution in [0.5, 0.6) is 0 Å². The Morgan fingerprint density at radius 3 is 2.65 bits per heavy atom. The Morgan fingerprint density at radius 1 is 1.45 bits per heavy atom. The third-order valence-corrected chi connectivity index (χ3v) is 2.67. The van der Waals surface area contributed by atoms with Crippen LogP contribution in [-0.2, 0) is 16.0 Å². The van der Waals surface area contributed by atoms with Crippen molar-refractivity contribution in [2.45, 2.75) is 53.1 Å². The van der Waals surface area contributed by atoms with E-state index in [4.69, 9.17) is 9.26 Å². The summed E-state index contributed by atoms with van der Waals surface area (Å²) in [5.74, 6) is 0.479. The maximum atomic E-state index is 11.7. The summed E-state index contributed by atoms with van der Waals surface area (Å²) in [4.78, 5) is 11.7. The summed E-state index contributed by atoms with van der Waals surface area (Å²) >= 11 is 0.